The molecule has 0 aliphatic carbocycles. The number of carbonyl (C=O) groups excluding carboxylic acids is 1. The standard InChI is InChI=1S/C30H26F3N5O3/c1-29(2,16-34)28-37-36-26(41-28)21-12-25-22(13-23(21)31)30(32,33)14-24(35)27(39)38(25)15-17-4-6-18(7-5-17)19-8-10-20(40-3)11-9-19/h4-13,24H,14-15,35H2,1-3H3/t24-/m1/s1. The molecule has 1 atom stereocenters. The number of anilines is 1. The van der Waals surface area contributed by atoms with Crippen LogP contribution in [0.15, 0.2) is 65.1 Å². The van der Waals surface area contributed by atoms with Crippen LogP contribution in [-0.2, 0) is 22.7 Å². The minimum Gasteiger partial charge on any atom is -0.497 e. The molecule has 0 saturated heterocycles. The van der Waals surface area contributed by atoms with Crippen LogP contribution in [0.2, 0.25) is 0 Å². The largest absolute Gasteiger partial charge is 0.497 e. The highest BCUT2D eigenvalue weighted by Crippen LogP contribution is 2.45. The molecule has 1 aliphatic heterocycles. The highest BCUT2D eigenvalue weighted by Gasteiger charge is 2.45. The van der Waals surface area contributed by atoms with Crippen molar-refractivity contribution in [3.05, 3.63) is 83.5 Å². The Balaban J connectivity index is 1.55. The predicted molar refractivity (Wildman–Crippen MR) is 144 cm³/mol. The van der Waals surface area contributed by atoms with Gasteiger partial charge in [0, 0.05) is 12.0 Å². The third-order valence-electron chi connectivity index (χ3n) is 7.02. The lowest BCUT2D eigenvalue weighted by atomic mass is 9.96. The van der Waals surface area contributed by atoms with Gasteiger partial charge in [0.2, 0.25) is 11.8 Å². The number of hydrogen-bond donors (Lipinski definition) is 1. The fraction of sp³-hybridized carbons (Fsp3) is 0.267. The molecule has 2 heterocycles. The first-order valence-corrected chi connectivity index (χ1v) is 12.7. The van der Waals surface area contributed by atoms with Crippen LogP contribution in [0, 0.1) is 17.1 Å². The summed E-state index contributed by atoms with van der Waals surface area (Å²) in [6.45, 7) is 2.99. The number of hydrogen-bond acceptors (Lipinski definition) is 7. The first-order valence-electron chi connectivity index (χ1n) is 12.7. The van der Waals surface area contributed by atoms with E-state index in [0.29, 0.717) is 11.6 Å². The first kappa shape index (κ1) is 27.9. The van der Waals surface area contributed by atoms with Crippen LogP contribution < -0.4 is 15.4 Å². The zero-order chi connectivity index (χ0) is 29.5. The minimum absolute atomic E-state index is 0.0680. The van der Waals surface area contributed by atoms with Crippen molar-refractivity contribution in [2.45, 2.75) is 44.2 Å². The highest BCUT2D eigenvalue weighted by atomic mass is 19.3. The second-order valence-corrected chi connectivity index (χ2v) is 10.4. The van der Waals surface area contributed by atoms with Crippen LogP contribution in [0.1, 0.15) is 37.3 Å². The lowest BCUT2D eigenvalue weighted by Gasteiger charge is -2.25. The number of ether oxygens (including phenoxy) is 1. The lowest BCUT2D eigenvalue weighted by Crippen LogP contribution is -2.43. The second-order valence-electron chi connectivity index (χ2n) is 10.4. The van der Waals surface area contributed by atoms with Gasteiger partial charge in [0.05, 0.1) is 37.0 Å². The van der Waals surface area contributed by atoms with Gasteiger partial charge in [0.15, 0.2) is 0 Å². The van der Waals surface area contributed by atoms with Crippen LogP contribution in [-0.4, -0.2) is 29.3 Å². The Hall–Kier alpha value is -4.69. The first-order chi connectivity index (χ1) is 19.4. The van der Waals surface area contributed by atoms with Gasteiger partial charge < -0.3 is 19.8 Å². The summed E-state index contributed by atoms with van der Waals surface area (Å²) in [4.78, 5) is 14.5. The van der Waals surface area contributed by atoms with Crippen LogP contribution in [0.4, 0.5) is 18.9 Å². The number of fused-ring (bicyclic) bond motifs is 1. The monoisotopic (exact) mass is 561 g/mol. The van der Waals surface area contributed by atoms with Crippen LogP contribution in [0.25, 0.3) is 22.6 Å². The summed E-state index contributed by atoms with van der Waals surface area (Å²) in [5.74, 6) is -5.02. The number of benzene rings is 3. The zero-order valence-electron chi connectivity index (χ0n) is 22.5. The third-order valence-corrected chi connectivity index (χ3v) is 7.02. The molecule has 0 radical (unpaired) electrons. The molecular formula is C30H26F3N5O3. The van der Waals surface area contributed by atoms with E-state index in [0.717, 1.165) is 27.8 Å². The number of nitriles is 1. The maximum absolute atomic E-state index is 15.3. The van der Waals surface area contributed by atoms with E-state index in [9.17, 15) is 10.1 Å². The molecule has 0 fully saturated rings. The maximum atomic E-state index is 15.3. The number of rotatable bonds is 6. The van der Waals surface area contributed by atoms with E-state index in [1.807, 2.05) is 42.5 Å². The van der Waals surface area contributed by atoms with E-state index in [1.165, 1.54) is 0 Å². The number of halogens is 3. The van der Waals surface area contributed by atoms with Crippen molar-refractivity contribution in [1.29, 1.82) is 5.26 Å². The van der Waals surface area contributed by atoms with Crippen molar-refractivity contribution in [1.82, 2.24) is 10.2 Å². The second kappa shape index (κ2) is 10.4. The molecule has 1 aliphatic rings. The number of methoxy groups -OCH3 is 1. The maximum Gasteiger partial charge on any atom is 0.277 e. The smallest absolute Gasteiger partial charge is 0.277 e. The van der Waals surface area contributed by atoms with Gasteiger partial charge in [0.1, 0.15) is 17.0 Å². The predicted octanol–water partition coefficient (Wildman–Crippen LogP) is 5.71. The molecule has 3 aromatic carbocycles. The van der Waals surface area contributed by atoms with Crippen molar-refractivity contribution in [3.63, 3.8) is 0 Å². The molecule has 8 nitrogen and oxygen atoms in total. The summed E-state index contributed by atoms with van der Waals surface area (Å²) in [7, 11) is 1.58. The van der Waals surface area contributed by atoms with Gasteiger partial charge in [0.25, 0.3) is 11.8 Å². The van der Waals surface area contributed by atoms with Gasteiger partial charge in [-0.15, -0.1) is 10.2 Å². The number of nitrogens with two attached hydrogens (primary N) is 1. The molecule has 0 spiro atoms. The van der Waals surface area contributed by atoms with E-state index in [-0.39, 0.29) is 29.6 Å². The molecule has 11 heteroatoms. The third kappa shape index (κ3) is 5.26. The van der Waals surface area contributed by atoms with Gasteiger partial charge in [-0.2, -0.15) is 5.26 Å². The fourth-order valence-electron chi connectivity index (χ4n) is 4.60. The molecule has 210 valence electrons. The van der Waals surface area contributed by atoms with E-state index in [4.69, 9.17) is 14.9 Å². The van der Waals surface area contributed by atoms with Gasteiger partial charge in [-0.25, -0.2) is 13.2 Å². The quantitative estimate of drug-likeness (QED) is 0.320. The molecule has 5 rings (SSSR count). The summed E-state index contributed by atoms with van der Waals surface area (Å²) in [5, 5.41) is 17.0. The van der Waals surface area contributed by atoms with Crippen molar-refractivity contribution < 1.29 is 27.1 Å². The van der Waals surface area contributed by atoms with E-state index >= 15 is 13.2 Å². The van der Waals surface area contributed by atoms with Crippen molar-refractivity contribution in [3.8, 4) is 34.4 Å². The number of nitrogens with zero attached hydrogens (tertiary/aromatic N) is 4. The molecule has 1 aromatic heterocycles. The summed E-state index contributed by atoms with van der Waals surface area (Å²) in [6, 6.07) is 17.0. The molecule has 2 N–H and O–H groups in total. The van der Waals surface area contributed by atoms with Crippen molar-refractivity contribution in [2.75, 3.05) is 12.0 Å². The van der Waals surface area contributed by atoms with E-state index in [2.05, 4.69) is 10.2 Å². The Morgan fingerprint density at radius 1 is 1.12 bits per heavy atom. The Morgan fingerprint density at radius 3 is 2.37 bits per heavy atom. The van der Waals surface area contributed by atoms with E-state index in [1.54, 1.807) is 33.1 Å². The molecule has 41 heavy (non-hydrogen) atoms. The zero-order valence-corrected chi connectivity index (χ0v) is 22.5. The van der Waals surface area contributed by atoms with Crippen LogP contribution in [0.5, 0.6) is 5.75 Å². The summed E-state index contributed by atoms with van der Waals surface area (Å²) < 4.78 is 56.6. The number of carbonyl (C=O) groups is 1. The Kier molecular flexibility index (Phi) is 7.05. The molecule has 0 saturated carbocycles. The van der Waals surface area contributed by atoms with Gasteiger partial charge in [-0.05, 0) is 54.8 Å². The Morgan fingerprint density at radius 2 is 1.76 bits per heavy atom. The average molecular weight is 562 g/mol. The molecule has 0 unspecified atom stereocenters. The molecule has 4 aromatic rings. The molecule has 0 bridgehead atoms. The average Bonchev–Trinajstić information content (AvgIpc) is 3.45. The van der Waals surface area contributed by atoms with Gasteiger partial charge >= 0.3 is 0 Å². The number of aromatic nitrogens is 2. The summed E-state index contributed by atoms with van der Waals surface area (Å²) in [6.07, 6.45) is -0.981. The van der Waals surface area contributed by atoms with Crippen LogP contribution >= 0.6 is 0 Å². The van der Waals surface area contributed by atoms with E-state index < -0.39 is 41.1 Å². The lowest BCUT2D eigenvalue weighted by molar-refractivity contribution is -0.122. The number of alkyl halides is 2. The minimum atomic E-state index is -3.58. The normalized spacial score (nSPS) is 16.6. The van der Waals surface area contributed by atoms with Crippen molar-refractivity contribution in [2.24, 2.45) is 5.73 Å². The summed E-state index contributed by atoms with van der Waals surface area (Å²) >= 11 is 0. The number of amides is 1. The Bertz CT molecular complexity index is 1640. The fourth-order valence-corrected chi connectivity index (χ4v) is 4.60. The van der Waals surface area contributed by atoms with Gasteiger partial charge in [-0.1, -0.05) is 36.4 Å². The summed E-state index contributed by atoms with van der Waals surface area (Å²) in [5.41, 5.74) is 6.05. The Labute approximate surface area is 234 Å². The molecule has 1 amide bonds. The highest BCUT2D eigenvalue weighted by molar-refractivity contribution is 5.99. The van der Waals surface area contributed by atoms with Crippen LogP contribution in [0.3, 0.4) is 0 Å². The SMILES string of the molecule is COc1ccc(-c2ccc(CN3C(=O)[C@H](N)CC(F)(F)c4cc(F)c(-c5nnc(C(C)(C)C#N)o5)cc43)cc2)cc1. The van der Waals surface area contributed by atoms with Crippen molar-refractivity contribution >= 4 is 11.6 Å². The van der Waals surface area contributed by atoms with Gasteiger partial charge in [-0.3, -0.25) is 4.79 Å². The molecular weight excluding hydrogens is 535 g/mol. The topological polar surface area (TPSA) is 118 Å².